The Morgan fingerprint density at radius 1 is 1.26 bits per heavy atom. The zero-order valence-corrected chi connectivity index (χ0v) is 14.3. The van der Waals surface area contributed by atoms with Crippen LogP contribution in [-0.4, -0.2) is 17.4 Å². The minimum absolute atomic E-state index is 0.0283. The minimum Gasteiger partial charge on any atom is -0.327 e. The molecule has 23 heavy (non-hydrogen) atoms. The zero-order chi connectivity index (χ0) is 16.8. The number of hydrogen-bond acceptors (Lipinski definition) is 3. The van der Waals surface area contributed by atoms with Crippen LogP contribution in [0, 0.1) is 12.8 Å². The first-order valence-corrected chi connectivity index (χ1v) is 8.09. The Kier molecular flexibility index (Phi) is 5.74. The van der Waals surface area contributed by atoms with Crippen molar-refractivity contribution in [3.63, 3.8) is 0 Å². The van der Waals surface area contributed by atoms with Crippen LogP contribution in [0.5, 0.6) is 0 Å². The van der Waals surface area contributed by atoms with Gasteiger partial charge >= 0.3 is 0 Å². The summed E-state index contributed by atoms with van der Waals surface area (Å²) in [6.07, 6.45) is 2.23. The molecule has 0 radical (unpaired) electrons. The van der Waals surface area contributed by atoms with Crippen LogP contribution in [0.15, 0.2) is 42.6 Å². The summed E-state index contributed by atoms with van der Waals surface area (Å²) in [5, 5.41) is 2.89. The topological polar surface area (TPSA) is 45.2 Å². The monoisotopic (exact) mass is 311 g/mol. The molecule has 0 saturated heterocycles. The summed E-state index contributed by atoms with van der Waals surface area (Å²) in [4.78, 5) is 18.5. The molecule has 4 heteroatoms. The predicted octanol–water partition coefficient (Wildman–Crippen LogP) is 4.53. The summed E-state index contributed by atoms with van der Waals surface area (Å²) in [6, 6.07) is 12.2. The Balaban J connectivity index is 2.12. The average molecular weight is 311 g/mol. The van der Waals surface area contributed by atoms with E-state index in [0.29, 0.717) is 12.3 Å². The van der Waals surface area contributed by atoms with Crippen molar-refractivity contribution in [3.8, 4) is 0 Å². The molecule has 1 N–H and O–H groups in total. The van der Waals surface area contributed by atoms with Gasteiger partial charge in [0, 0.05) is 18.7 Å². The molecule has 122 valence electrons. The number of nitrogens with zero attached hydrogens (tertiary/aromatic N) is 2. The molecule has 1 aromatic heterocycles. The van der Waals surface area contributed by atoms with Crippen LogP contribution >= 0.6 is 0 Å². The van der Waals surface area contributed by atoms with Gasteiger partial charge in [0.2, 0.25) is 5.91 Å². The van der Waals surface area contributed by atoms with E-state index in [-0.39, 0.29) is 5.91 Å². The van der Waals surface area contributed by atoms with Crippen LogP contribution in [-0.2, 0) is 4.79 Å². The maximum atomic E-state index is 11.8. The lowest BCUT2D eigenvalue weighted by atomic mass is 10.1. The van der Waals surface area contributed by atoms with Crippen LogP contribution in [0.2, 0.25) is 0 Å². The number of benzene rings is 1. The van der Waals surface area contributed by atoms with Crippen molar-refractivity contribution >= 4 is 23.1 Å². The molecule has 0 fully saturated rings. The van der Waals surface area contributed by atoms with Crippen molar-refractivity contribution in [2.24, 2.45) is 5.92 Å². The summed E-state index contributed by atoms with van der Waals surface area (Å²) in [6.45, 7) is 9.07. The summed E-state index contributed by atoms with van der Waals surface area (Å²) in [7, 11) is 0. The molecule has 1 aromatic carbocycles. The zero-order valence-electron chi connectivity index (χ0n) is 14.3. The molecular formula is C19H25N3O. The Morgan fingerprint density at radius 2 is 2.04 bits per heavy atom. The quantitative estimate of drug-likeness (QED) is 0.852. The van der Waals surface area contributed by atoms with Crippen LogP contribution in [0.3, 0.4) is 0 Å². The normalized spacial score (nSPS) is 10.7. The average Bonchev–Trinajstić information content (AvgIpc) is 2.49. The van der Waals surface area contributed by atoms with Crippen molar-refractivity contribution in [1.29, 1.82) is 0 Å². The van der Waals surface area contributed by atoms with E-state index in [1.54, 1.807) is 6.20 Å². The number of hydrogen-bond donors (Lipinski definition) is 1. The van der Waals surface area contributed by atoms with Gasteiger partial charge in [-0.15, -0.1) is 0 Å². The number of amides is 1. The number of carbonyl (C=O) groups is 1. The van der Waals surface area contributed by atoms with Gasteiger partial charge in [0.1, 0.15) is 5.82 Å². The highest BCUT2D eigenvalue weighted by atomic mass is 16.1. The summed E-state index contributed by atoms with van der Waals surface area (Å²) in [5.74, 6) is 1.25. The molecule has 1 heterocycles. The fourth-order valence-electron chi connectivity index (χ4n) is 2.48. The fraction of sp³-hybridized carbons (Fsp3) is 0.368. The number of rotatable bonds is 6. The van der Waals surface area contributed by atoms with Crippen molar-refractivity contribution in [2.45, 2.75) is 34.1 Å². The van der Waals surface area contributed by atoms with E-state index in [9.17, 15) is 4.79 Å². The van der Waals surface area contributed by atoms with Crippen LogP contribution in [0.25, 0.3) is 0 Å². The van der Waals surface area contributed by atoms with Crippen LogP contribution in [0.4, 0.5) is 17.2 Å². The predicted molar refractivity (Wildman–Crippen MR) is 96.2 cm³/mol. The third-order valence-corrected chi connectivity index (χ3v) is 3.53. The molecule has 0 bridgehead atoms. The molecule has 0 spiro atoms. The Hall–Kier alpha value is -2.36. The van der Waals surface area contributed by atoms with Gasteiger partial charge in [-0.2, -0.15) is 0 Å². The van der Waals surface area contributed by atoms with E-state index in [1.807, 2.05) is 32.0 Å². The first-order chi connectivity index (χ1) is 11.0. The van der Waals surface area contributed by atoms with Crippen molar-refractivity contribution in [3.05, 3.63) is 48.2 Å². The molecule has 0 aliphatic heterocycles. The highest BCUT2D eigenvalue weighted by molar-refractivity contribution is 5.90. The Bertz CT molecular complexity index is 650. The summed E-state index contributed by atoms with van der Waals surface area (Å²) >= 11 is 0. The largest absolute Gasteiger partial charge is 0.327 e. The number of aryl methyl sites for hydroxylation is 1. The Labute approximate surface area is 138 Å². The van der Waals surface area contributed by atoms with E-state index < -0.39 is 0 Å². The maximum absolute atomic E-state index is 11.8. The third-order valence-electron chi connectivity index (χ3n) is 3.53. The molecule has 0 aliphatic carbocycles. The highest BCUT2D eigenvalue weighted by Gasteiger charge is 2.10. The molecule has 1 amide bonds. The van der Waals surface area contributed by atoms with Gasteiger partial charge in [-0.3, -0.25) is 4.79 Å². The molecule has 2 rings (SSSR count). The Morgan fingerprint density at radius 3 is 2.61 bits per heavy atom. The van der Waals surface area contributed by atoms with E-state index in [2.05, 4.69) is 47.2 Å². The first kappa shape index (κ1) is 17.0. The fourth-order valence-corrected chi connectivity index (χ4v) is 2.48. The van der Waals surface area contributed by atoms with Crippen LogP contribution < -0.4 is 10.2 Å². The second kappa shape index (κ2) is 7.77. The summed E-state index contributed by atoms with van der Waals surface area (Å²) < 4.78 is 0. The van der Waals surface area contributed by atoms with Gasteiger partial charge in [0.25, 0.3) is 0 Å². The van der Waals surface area contributed by atoms with E-state index in [4.69, 9.17) is 0 Å². The molecule has 0 atom stereocenters. The van der Waals surface area contributed by atoms with Crippen molar-refractivity contribution in [1.82, 2.24) is 4.98 Å². The van der Waals surface area contributed by atoms with Gasteiger partial charge in [-0.05, 0) is 49.6 Å². The molecule has 0 saturated carbocycles. The maximum Gasteiger partial charge on any atom is 0.224 e. The standard InChI is InChI=1S/C19H25N3O/c1-5-22(17-8-6-7-15(4)12-17)18-10-9-16(13-20-18)21-19(23)11-14(2)3/h6-10,12-14H,5,11H2,1-4H3,(H,21,23). The SMILES string of the molecule is CCN(c1cccc(C)c1)c1ccc(NC(=O)CC(C)C)cn1. The molecule has 2 aromatic rings. The second-order valence-electron chi connectivity index (χ2n) is 6.13. The lowest BCUT2D eigenvalue weighted by Crippen LogP contribution is -2.18. The lowest BCUT2D eigenvalue weighted by molar-refractivity contribution is -0.116. The number of nitrogens with one attached hydrogen (secondary N) is 1. The van der Waals surface area contributed by atoms with E-state index in [0.717, 1.165) is 23.7 Å². The third kappa shape index (κ3) is 4.81. The molecule has 0 aliphatic rings. The van der Waals surface area contributed by atoms with E-state index in [1.165, 1.54) is 5.56 Å². The molecular weight excluding hydrogens is 286 g/mol. The van der Waals surface area contributed by atoms with E-state index >= 15 is 0 Å². The van der Waals surface area contributed by atoms with Gasteiger partial charge in [-0.1, -0.05) is 26.0 Å². The summed E-state index contributed by atoms with van der Waals surface area (Å²) in [5.41, 5.74) is 3.08. The number of carbonyl (C=O) groups excluding carboxylic acids is 1. The highest BCUT2D eigenvalue weighted by Crippen LogP contribution is 2.24. The first-order valence-electron chi connectivity index (χ1n) is 8.09. The second-order valence-corrected chi connectivity index (χ2v) is 6.13. The van der Waals surface area contributed by atoms with Gasteiger partial charge < -0.3 is 10.2 Å². The van der Waals surface area contributed by atoms with Gasteiger partial charge in [0.15, 0.2) is 0 Å². The van der Waals surface area contributed by atoms with Crippen LogP contribution in [0.1, 0.15) is 32.8 Å². The lowest BCUT2D eigenvalue weighted by Gasteiger charge is -2.22. The van der Waals surface area contributed by atoms with Crippen molar-refractivity contribution in [2.75, 3.05) is 16.8 Å². The van der Waals surface area contributed by atoms with Crippen molar-refractivity contribution < 1.29 is 4.79 Å². The molecule has 4 nitrogen and oxygen atoms in total. The van der Waals surface area contributed by atoms with Gasteiger partial charge in [0.05, 0.1) is 11.9 Å². The number of anilines is 3. The minimum atomic E-state index is 0.0283. The van der Waals surface area contributed by atoms with Gasteiger partial charge in [-0.25, -0.2) is 4.98 Å². The molecule has 0 unspecified atom stereocenters. The smallest absolute Gasteiger partial charge is 0.224 e. The number of aromatic nitrogens is 1. The number of pyridine rings is 1.